The number of hydrogen-bond donors (Lipinski definition) is 1. The van der Waals surface area contributed by atoms with Gasteiger partial charge >= 0.3 is 6.18 Å². The van der Waals surface area contributed by atoms with Crippen LogP contribution in [0.2, 0.25) is 0 Å². The Morgan fingerprint density at radius 1 is 1.29 bits per heavy atom. The van der Waals surface area contributed by atoms with Crippen LogP contribution in [0.4, 0.5) is 19.0 Å². The van der Waals surface area contributed by atoms with E-state index in [1.807, 2.05) is 22.4 Å². The van der Waals surface area contributed by atoms with E-state index in [9.17, 15) is 18.0 Å². The minimum absolute atomic E-state index is 0.0540. The molecule has 5 nitrogen and oxygen atoms in total. The average molecular weight is 453 g/mol. The first-order valence-electron chi connectivity index (χ1n) is 10.7. The van der Waals surface area contributed by atoms with Gasteiger partial charge in [0, 0.05) is 30.0 Å². The van der Waals surface area contributed by atoms with Crippen molar-refractivity contribution in [3.63, 3.8) is 0 Å². The van der Waals surface area contributed by atoms with Gasteiger partial charge in [-0.2, -0.15) is 18.3 Å². The second-order valence-electron chi connectivity index (χ2n) is 10.5. The number of likely N-dealkylation sites (tertiary alicyclic amines) is 1. The molecule has 1 amide bonds. The van der Waals surface area contributed by atoms with Crippen molar-refractivity contribution in [3.8, 4) is 0 Å². The number of fused-ring (bicyclic) bond motifs is 3. The van der Waals surface area contributed by atoms with Crippen LogP contribution in [0.25, 0.3) is 0 Å². The molecule has 1 saturated heterocycles. The molecule has 2 bridgehead atoms. The summed E-state index contributed by atoms with van der Waals surface area (Å²) in [6, 6.07) is 3.07. The molecule has 31 heavy (non-hydrogen) atoms. The third-order valence-corrected chi connectivity index (χ3v) is 7.96. The highest BCUT2D eigenvalue weighted by Crippen LogP contribution is 2.53. The smallest absolute Gasteiger partial charge is 0.363 e. The molecule has 2 fully saturated rings. The predicted octanol–water partition coefficient (Wildman–Crippen LogP) is 5.65. The van der Waals surface area contributed by atoms with E-state index in [1.54, 1.807) is 0 Å². The summed E-state index contributed by atoms with van der Waals surface area (Å²) < 4.78 is 42.6. The summed E-state index contributed by atoms with van der Waals surface area (Å²) in [7, 11) is 0. The molecule has 1 aliphatic carbocycles. The fourth-order valence-electron chi connectivity index (χ4n) is 6.20. The van der Waals surface area contributed by atoms with Crippen molar-refractivity contribution in [2.45, 2.75) is 70.8 Å². The highest BCUT2D eigenvalue weighted by atomic mass is 32.1. The summed E-state index contributed by atoms with van der Waals surface area (Å²) >= 11 is 1.43. The molecule has 4 heterocycles. The molecule has 9 heteroatoms. The lowest BCUT2D eigenvalue weighted by Gasteiger charge is -2.39. The number of nitrogens with zero attached hydrogens (tertiary/aromatic N) is 3. The topological polar surface area (TPSA) is 50.2 Å². The number of carbonyl (C=O) groups is 1. The Labute approximate surface area is 183 Å². The van der Waals surface area contributed by atoms with Gasteiger partial charge in [-0.3, -0.25) is 4.79 Å². The molecule has 2 aliphatic heterocycles. The first-order chi connectivity index (χ1) is 14.4. The fraction of sp³-hybridized carbons (Fsp3) is 0.636. The van der Waals surface area contributed by atoms with E-state index >= 15 is 0 Å². The zero-order valence-electron chi connectivity index (χ0n) is 17.9. The third-order valence-electron chi connectivity index (χ3n) is 6.97. The number of alkyl halides is 3. The highest BCUT2D eigenvalue weighted by Gasteiger charge is 2.52. The van der Waals surface area contributed by atoms with Crippen LogP contribution in [0.5, 0.6) is 0 Å². The maximum absolute atomic E-state index is 13.9. The molecule has 2 aromatic rings. The minimum Gasteiger partial charge on any atom is -0.363 e. The SMILES string of the molecule is CC1(C)C[C@H]2C[C@@](C)(CN2C(=O)c2cc3n(n2)[C@@H](C(F)(F)F)C[C@H](c2cccs2)N3)C1. The van der Waals surface area contributed by atoms with Crippen LogP contribution in [-0.2, 0) is 0 Å². The molecule has 5 rings (SSSR count). The van der Waals surface area contributed by atoms with E-state index < -0.39 is 18.3 Å². The van der Waals surface area contributed by atoms with E-state index in [2.05, 4.69) is 31.2 Å². The van der Waals surface area contributed by atoms with Crippen LogP contribution in [0, 0.1) is 10.8 Å². The minimum atomic E-state index is -4.44. The normalized spacial score (nSPS) is 31.9. The maximum Gasteiger partial charge on any atom is 0.410 e. The molecule has 0 spiro atoms. The second kappa shape index (κ2) is 6.73. The quantitative estimate of drug-likeness (QED) is 0.641. The van der Waals surface area contributed by atoms with Crippen LogP contribution in [0.1, 0.15) is 73.9 Å². The van der Waals surface area contributed by atoms with Crippen LogP contribution < -0.4 is 5.32 Å². The molecular formula is C22H27F3N4OS. The molecule has 0 aromatic carbocycles. The molecular weight excluding hydrogens is 425 g/mol. The van der Waals surface area contributed by atoms with Crippen molar-refractivity contribution in [1.29, 1.82) is 0 Å². The first kappa shape index (κ1) is 20.8. The maximum atomic E-state index is 13.9. The highest BCUT2D eigenvalue weighted by molar-refractivity contribution is 7.10. The molecule has 4 atom stereocenters. The van der Waals surface area contributed by atoms with Gasteiger partial charge in [-0.15, -0.1) is 11.3 Å². The summed E-state index contributed by atoms with van der Waals surface area (Å²) in [5, 5.41) is 9.21. The van der Waals surface area contributed by atoms with E-state index in [-0.39, 0.29) is 40.7 Å². The molecule has 1 N–H and O–H groups in total. The van der Waals surface area contributed by atoms with E-state index in [0.29, 0.717) is 6.54 Å². The van der Waals surface area contributed by atoms with Gasteiger partial charge in [0.25, 0.3) is 5.91 Å². The number of anilines is 1. The van der Waals surface area contributed by atoms with Gasteiger partial charge < -0.3 is 10.2 Å². The number of carbonyl (C=O) groups excluding carboxylic acids is 1. The van der Waals surface area contributed by atoms with E-state index in [1.165, 1.54) is 17.4 Å². The van der Waals surface area contributed by atoms with Crippen LogP contribution in [0.3, 0.4) is 0 Å². The largest absolute Gasteiger partial charge is 0.410 e. The summed E-state index contributed by atoms with van der Waals surface area (Å²) in [5.41, 5.74) is 0.299. The van der Waals surface area contributed by atoms with Gasteiger partial charge in [0.05, 0.1) is 6.04 Å². The standard InChI is InChI=1S/C22H27F3N4OS/c1-20(2)9-13-10-21(3,11-20)12-28(13)19(30)15-8-18-26-14(16-5-4-6-31-16)7-17(22(23,24)25)29(18)27-15/h4-6,8,13-14,17,26H,7,9-12H2,1-3H3/t13-,14+,17+,21+/m0/s1. The van der Waals surface area contributed by atoms with Gasteiger partial charge in [0.2, 0.25) is 0 Å². The van der Waals surface area contributed by atoms with Crippen molar-refractivity contribution in [1.82, 2.24) is 14.7 Å². The van der Waals surface area contributed by atoms with Crippen LogP contribution >= 0.6 is 11.3 Å². The lowest BCUT2D eigenvalue weighted by atomic mass is 9.65. The van der Waals surface area contributed by atoms with Gasteiger partial charge in [0.15, 0.2) is 11.7 Å². The summed E-state index contributed by atoms with van der Waals surface area (Å²) in [6.07, 6.45) is -1.70. The van der Waals surface area contributed by atoms with Crippen LogP contribution in [-0.4, -0.2) is 39.4 Å². The number of thiophene rings is 1. The Balaban J connectivity index is 1.46. The van der Waals surface area contributed by atoms with Crippen molar-refractivity contribution in [2.75, 3.05) is 11.9 Å². The Hall–Kier alpha value is -2.03. The third kappa shape index (κ3) is 3.64. The first-order valence-corrected chi connectivity index (χ1v) is 11.6. The lowest BCUT2D eigenvalue weighted by molar-refractivity contribution is -0.173. The van der Waals surface area contributed by atoms with Crippen molar-refractivity contribution < 1.29 is 18.0 Å². The zero-order chi connectivity index (χ0) is 22.2. The molecule has 3 aliphatic rings. The van der Waals surface area contributed by atoms with Gasteiger partial charge in [-0.1, -0.05) is 26.8 Å². The van der Waals surface area contributed by atoms with Gasteiger partial charge in [0.1, 0.15) is 5.82 Å². The lowest BCUT2D eigenvalue weighted by Crippen LogP contribution is -2.38. The molecule has 2 aromatic heterocycles. The molecule has 1 saturated carbocycles. The number of amides is 1. The molecule has 0 unspecified atom stereocenters. The number of hydrogen-bond acceptors (Lipinski definition) is 4. The van der Waals surface area contributed by atoms with Gasteiger partial charge in [-0.25, -0.2) is 4.68 Å². The monoisotopic (exact) mass is 452 g/mol. The number of nitrogens with one attached hydrogen (secondary N) is 1. The van der Waals surface area contributed by atoms with Crippen molar-refractivity contribution in [3.05, 3.63) is 34.2 Å². The second-order valence-corrected chi connectivity index (χ2v) is 11.5. The Morgan fingerprint density at radius 2 is 2.06 bits per heavy atom. The predicted molar refractivity (Wildman–Crippen MR) is 113 cm³/mol. The van der Waals surface area contributed by atoms with Crippen molar-refractivity contribution >= 4 is 23.1 Å². The zero-order valence-corrected chi connectivity index (χ0v) is 18.7. The van der Waals surface area contributed by atoms with E-state index in [4.69, 9.17) is 0 Å². The summed E-state index contributed by atoms with van der Waals surface area (Å²) in [4.78, 5) is 16.1. The average Bonchev–Trinajstić information content (AvgIpc) is 3.35. The Bertz CT molecular complexity index is 999. The van der Waals surface area contributed by atoms with Gasteiger partial charge in [-0.05, 0) is 41.5 Å². The van der Waals surface area contributed by atoms with E-state index in [0.717, 1.165) is 28.8 Å². The Morgan fingerprint density at radius 3 is 2.74 bits per heavy atom. The number of halogens is 3. The molecule has 168 valence electrons. The fourth-order valence-corrected chi connectivity index (χ4v) is 6.99. The van der Waals surface area contributed by atoms with Crippen molar-refractivity contribution in [2.24, 2.45) is 10.8 Å². The summed E-state index contributed by atoms with van der Waals surface area (Å²) in [6.45, 7) is 7.29. The molecule has 0 radical (unpaired) electrons. The van der Waals surface area contributed by atoms with Crippen LogP contribution in [0.15, 0.2) is 23.6 Å². The summed E-state index contributed by atoms with van der Waals surface area (Å²) in [5.74, 6) is -0.00671. The number of rotatable bonds is 2. The number of aromatic nitrogens is 2. The Kier molecular flexibility index (Phi) is 4.53.